The van der Waals surface area contributed by atoms with Crippen molar-refractivity contribution < 1.29 is 43.2 Å². The van der Waals surface area contributed by atoms with Gasteiger partial charge in [0.25, 0.3) is 0 Å². The first kappa shape index (κ1) is 25.7. The number of hydrogen-bond donors (Lipinski definition) is 1. The average Bonchev–Trinajstić information content (AvgIpc) is 3.06. The van der Waals surface area contributed by atoms with Gasteiger partial charge in [-0.1, -0.05) is 19.4 Å². The number of carbonyl (C=O) groups is 4. The summed E-state index contributed by atoms with van der Waals surface area (Å²) < 4.78 is 20.9. The SMILES string of the molecule is CCOC(=O)O[C@]1(C(=O)OCOC(C)=O)CC[C@H]2[C@@H]3CCC4=CC(=O)CC[C@]4(C)[C@H]3[C@@H](O)C[C@@]21C. The summed E-state index contributed by atoms with van der Waals surface area (Å²) in [6, 6.07) is 0. The fourth-order valence-corrected chi connectivity index (χ4v) is 7.79. The third kappa shape index (κ3) is 4.05. The number of carbonyl (C=O) groups excluding carboxylic acids is 4. The largest absolute Gasteiger partial charge is 0.509 e. The van der Waals surface area contributed by atoms with Gasteiger partial charge in [-0.3, -0.25) is 9.59 Å². The van der Waals surface area contributed by atoms with E-state index < -0.39 is 42.0 Å². The lowest BCUT2D eigenvalue weighted by Crippen LogP contribution is -2.63. The van der Waals surface area contributed by atoms with Crippen LogP contribution in [0.5, 0.6) is 0 Å². The maximum atomic E-state index is 13.5. The van der Waals surface area contributed by atoms with Gasteiger partial charge in [0.15, 0.2) is 5.78 Å². The molecule has 9 nitrogen and oxygen atoms in total. The number of allylic oxidation sites excluding steroid dienone is 1. The van der Waals surface area contributed by atoms with E-state index in [-0.39, 0.29) is 48.4 Å². The summed E-state index contributed by atoms with van der Waals surface area (Å²) in [4.78, 5) is 49.2. The van der Waals surface area contributed by atoms with Crippen LogP contribution in [-0.4, -0.2) is 54.1 Å². The zero-order valence-electron chi connectivity index (χ0n) is 21.0. The predicted octanol–water partition coefficient (Wildman–Crippen LogP) is 3.46. The Morgan fingerprint density at radius 3 is 2.51 bits per heavy atom. The van der Waals surface area contributed by atoms with Gasteiger partial charge in [0.1, 0.15) is 0 Å². The van der Waals surface area contributed by atoms with Crippen molar-refractivity contribution in [2.75, 3.05) is 13.4 Å². The number of hydrogen-bond acceptors (Lipinski definition) is 9. The van der Waals surface area contributed by atoms with Crippen molar-refractivity contribution in [2.24, 2.45) is 28.6 Å². The van der Waals surface area contributed by atoms with Crippen LogP contribution in [0.1, 0.15) is 72.6 Å². The molecule has 0 bridgehead atoms. The predicted molar refractivity (Wildman–Crippen MR) is 122 cm³/mol. The normalized spacial score (nSPS) is 39.9. The fraction of sp³-hybridized carbons (Fsp3) is 0.769. The number of esters is 2. The number of aliphatic hydroxyl groups is 1. The van der Waals surface area contributed by atoms with E-state index in [1.54, 1.807) is 13.0 Å². The topological polar surface area (TPSA) is 125 Å². The molecule has 0 aromatic heterocycles. The highest BCUT2D eigenvalue weighted by atomic mass is 16.8. The van der Waals surface area contributed by atoms with Crippen molar-refractivity contribution in [3.8, 4) is 0 Å². The van der Waals surface area contributed by atoms with E-state index in [2.05, 4.69) is 6.92 Å². The number of fused-ring (bicyclic) bond motifs is 5. The Morgan fingerprint density at radius 1 is 1.09 bits per heavy atom. The van der Waals surface area contributed by atoms with E-state index in [4.69, 9.17) is 18.9 Å². The zero-order valence-corrected chi connectivity index (χ0v) is 21.0. The Kier molecular flexibility index (Phi) is 6.76. The lowest BCUT2D eigenvalue weighted by Gasteiger charge is -2.60. The minimum absolute atomic E-state index is 0.0115. The Hall–Kier alpha value is -2.42. The highest BCUT2D eigenvalue weighted by molar-refractivity contribution is 5.91. The summed E-state index contributed by atoms with van der Waals surface area (Å²) in [6.45, 7) is 6.38. The molecule has 0 aromatic carbocycles. The highest BCUT2D eigenvalue weighted by Gasteiger charge is 2.71. The third-order valence-corrected chi connectivity index (χ3v) is 9.32. The van der Waals surface area contributed by atoms with Crippen molar-refractivity contribution >= 4 is 23.9 Å². The van der Waals surface area contributed by atoms with Crippen molar-refractivity contribution in [3.63, 3.8) is 0 Å². The third-order valence-electron chi connectivity index (χ3n) is 9.32. The summed E-state index contributed by atoms with van der Waals surface area (Å²) in [6.07, 6.45) is 3.84. The maximum absolute atomic E-state index is 13.5. The highest BCUT2D eigenvalue weighted by Crippen LogP contribution is 2.68. The molecule has 7 atom stereocenters. The quantitative estimate of drug-likeness (QED) is 0.453. The van der Waals surface area contributed by atoms with Crippen LogP contribution in [0.4, 0.5) is 4.79 Å². The van der Waals surface area contributed by atoms with Crippen LogP contribution in [0.25, 0.3) is 0 Å². The van der Waals surface area contributed by atoms with Crippen LogP contribution in [0.2, 0.25) is 0 Å². The molecule has 4 rings (SSSR count). The first-order valence-corrected chi connectivity index (χ1v) is 12.6. The fourth-order valence-electron chi connectivity index (χ4n) is 7.79. The maximum Gasteiger partial charge on any atom is 0.509 e. The van der Waals surface area contributed by atoms with Crippen LogP contribution in [0.15, 0.2) is 11.6 Å². The summed E-state index contributed by atoms with van der Waals surface area (Å²) in [5, 5.41) is 11.6. The molecule has 3 fully saturated rings. The summed E-state index contributed by atoms with van der Waals surface area (Å²) in [7, 11) is 0. The van der Waals surface area contributed by atoms with Gasteiger partial charge < -0.3 is 24.1 Å². The molecule has 0 unspecified atom stereocenters. The number of rotatable bonds is 5. The Morgan fingerprint density at radius 2 is 1.83 bits per heavy atom. The molecular weight excluding hydrogens is 456 g/mol. The molecular formula is C26H36O9. The van der Waals surface area contributed by atoms with Gasteiger partial charge >= 0.3 is 18.1 Å². The molecule has 3 saturated carbocycles. The van der Waals surface area contributed by atoms with Crippen LogP contribution >= 0.6 is 0 Å². The molecule has 4 aliphatic carbocycles. The van der Waals surface area contributed by atoms with Crippen LogP contribution in [-0.2, 0) is 33.3 Å². The molecule has 35 heavy (non-hydrogen) atoms. The minimum Gasteiger partial charge on any atom is -0.435 e. The molecule has 4 aliphatic rings. The van der Waals surface area contributed by atoms with Gasteiger partial charge in [-0.15, -0.1) is 0 Å². The molecule has 9 heteroatoms. The lowest BCUT2D eigenvalue weighted by atomic mass is 9.45. The molecule has 0 aliphatic heterocycles. The van der Waals surface area contributed by atoms with E-state index >= 15 is 0 Å². The molecule has 194 valence electrons. The Labute approximate surface area is 205 Å². The van der Waals surface area contributed by atoms with Crippen LogP contribution < -0.4 is 0 Å². The zero-order chi connectivity index (χ0) is 25.6. The summed E-state index contributed by atoms with van der Waals surface area (Å²) in [5.41, 5.74) is -1.74. The molecule has 0 radical (unpaired) electrons. The smallest absolute Gasteiger partial charge is 0.435 e. The van der Waals surface area contributed by atoms with E-state index in [0.29, 0.717) is 19.3 Å². The number of ether oxygens (including phenoxy) is 4. The minimum atomic E-state index is -1.67. The molecule has 0 spiro atoms. The standard InChI is InChI=1S/C26H36O9/c1-5-32-23(31)35-26(22(30)34-14-33-15(2)27)11-9-19-18-7-6-16-12-17(28)8-10-24(16,3)21(18)20(29)13-25(19,26)4/h12,18-21,29H,5-11,13-14H2,1-4H3/t18-,19-,20-,21+,24-,25-,26-/m0/s1. The summed E-state index contributed by atoms with van der Waals surface area (Å²) >= 11 is 0. The first-order valence-electron chi connectivity index (χ1n) is 12.6. The van der Waals surface area contributed by atoms with Gasteiger partial charge in [0, 0.05) is 18.8 Å². The Bertz CT molecular complexity index is 941. The lowest BCUT2D eigenvalue weighted by molar-refractivity contribution is -0.210. The number of ketones is 1. The van der Waals surface area contributed by atoms with Gasteiger partial charge in [-0.05, 0) is 74.7 Å². The van der Waals surface area contributed by atoms with E-state index in [0.717, 1.165) is 18.4 Å². The van der Waals surface area contributed by atoms with Crippen LogP contribution in [0, 0.1) is 28.6 Å². The molecule has 0 saturated heterocycles. The average molecular weight is 493 g/mol. The van der Waals surface area contributed by atoms with Gasteiger partial charge in [-0.25, -0.2) is 9.59 Å². The molecule has 0 heterocycles. The number of aliphatic hydroxyl groups excluding tert-OH is 1. The molecule has 0 amide bonds. The van der Waals surface area contributed by atoms with E-state index in [1.165, 1.54) is 6.92 Å². The van der Waals surface area contributed by atoms with Crippen molar-refractivity contribution in [1.29, 1.82) is 0 Å². The van der Waals surface area contributed by atoms with E-state index in [1.807, 2.05) is 6.92 Å². The second kappa shape index (κ2) is 9.22. The van der Waals surface area contributed by atoms with Gasteiger partial charge in [-0.2, -0.15) is 0 Å². The Balaban J connectivity index is 1.68. The van der Waals surface area contributed by atoms with Crippen molar-refractivity contribution in [2.45, 2.75) is 84.3 Å². The van der Waals surface area contributed by atoms with Crippen molar-refractivity contribution in [1.82, 2.24) is 0 Å². The first-order chi connectivity index (χ1) is 16.5. The van der Waals surface area contributed by atoms with Gasteiger partial charge in [0.05, 0.1) is 12.7 Å². The van der Waals surface area contributed by atoms with Crippen molar-refractivity contribution in [3.05, 3.63) is 11.6 Å². The molecule has 0 aromatic rings. The second-order valence-corrected chi connectivity index (χ2v) is 10.9. The van der Waals surface area contributed by atoms with Gasteiger partial charge in [0.2, 0.25) is 12.4 Å². The monoisotopic (exact) mass is 492 g/mol. The van der Waals surface area contributed by atoms with E-state index in [9.17, 15) is 24.3 Å². The molecule has 1 N–H and O–H groups in total. The second-order valence-electron chi connectivity index (χ2n) is 10.9. The summed E-state index contributed by atoms with van der Waals surface area (Å²) in [5.74, 6) is -1.23. The van der Waals surface area contributed by atoms with Crippen LogP contribution in [0.3, 0.4) is 0 Å².